The van der Waals surface area contributed by atoms with E-state index in [0.717, 1.165) is 25.5 Å². The highest BCUT2D eigenvalue weighted by atomic mass is 127. The summed E-state index contributed by atoms with van der Waals surface area (Å²) < 4.78 is 5.93. The zero-order chi connectivity index (χ0) is 18.5. The molecule has 0 radical (unpaired) electrons. The van der Waals surface area contributed by atoms with Crippen LogP contribution < -0.4 is 16.0 Å². The van der Waals surface area contributed by atoms with E-state index < -0.39 is 0 Å². The van der Waals surface area contributed by atoms with Gasteiger partial charge in [0.2, 0.25) is 5.91 Å². The van der Waals surface area contributed by atoms with Gasteiger partial charge in [-0.2, -0.15) is 0 Å². The van der Waals surface area contributed by atoms with E-state index in [9.17, 15) is 4.79 Å². The van der Waals surface area contributed by atoms with Crippen molar-refractivity contribution < 1.29 is 9.53 Å². The van der Waals surface area contributed by atoms with Crippen LogP contribution in [0, 0.1) is 5.92 Å². The average Bonchev–Trinajstić information content (AvgIpc) is 3.17. The third kappa shape index (κ3) is 11.1. The van der Waals surface area contributed by atoms with E-state index in [1.54, 1.807) is 7.05 Å². The van der Waals surface area contributed by atoms with Crippen LogP contribution in [-0.2, 0) is 9.53 Å². The maximum Gasteiger partial charge on any atom is 0.220 e. The molecule has 0 bridgehead atoms. The summed E-state index contributed by atoms with van der Waals surface area (Å²) in [5.41, 5.74) is 0. The Kier molecular flexibility index (Phi) is 13.9. The molecule has 0 aromatic carbocycles. The van der Waals surface area contributed by atoms with Gasteiger partial charge in [-0.05, 0) is 38.0 Å². The van der Waals surface area contributed by atoms with Crippen LogP contribution in [0.5, 0.6) is 0 Å². The molecule has 3 N–H and O–H groups in total. The van der Waals surface area contributed by atoms with Gasteiger partial charge in [-0.15, -0.1) is 24.0 Å². The first-order chi connectivity index (χ1) is 12.8. The molecule has 7 heteroatoms. The van der Waals surface area contributed by atoms with Gasteiger partial charge in [-0.1, -0.05) is 32.1 Å². The van der Waals surface area contributed by atoms with Crippen LogP contribution >= 0.6 is 24.0 Å². The number of guanidine groups is 1. The van der Waals surface area contributed by atoms with Crippen molar-refractivity contribution in [2.45, 2.75) is 76.7 Å². The van der Waals surface area contributed by atoms with Crippen LogP contribution in [0.3, 0.4) is 0 Å². The highest BCUT2D eigenvalue weighted by Crippen LogP contribution is 2.27. The topological polar surface area (TPSA) is 74.8 Å². The Balaban J connectivity index is 0.00000364. The standard InChI is InChI=1S/C20H38N4O2.HI/c1-21-20(23-12-7-15-26-18-10-3-2-4-11-18)24-14-13-22-19(25)16-17-8-5-6-9-17;/h17-18H,2-16H2,1H3,(H,22,25)(H2,21,23,24);1H. The normalized spacial score (nSPS) is 18.8. The second kappa shape index (κ2) is 15.4. The summed E-state index contributed by atoms with van der Waals surface area (Å²) in [7, 11) is 1.77. The van der Waals surface area contributed by atoms with Gasteiger partial charge in [-0.25, -0.2) is 0 Å². The summed E-state index contributed by atoms with van der Waals surface area (Å²) in [6.45, 7) is 2.98. The molecule has 0 aromatic heterocycles. The van der Waals surface area contributed by atoms with Crippen molar-refractivity contribution in [2.24, 2.45) is 10.9 Å². The number of ether oxygens (including phenoxy) is 1. The molecule has 2 aliphatic carbocycles. The number of rotatable bonds is 10. The van der Waals surface area contributed by atoms with Gasteiger partial charge in [0.25, 0.3) is 0 Å². The van der Waals surface area contributed by atoms with Gasteiger partial charge in [0.1, 0.15) is 0 Å². The average molecular weight is 494 g/mol. The van der Waals surface area contributed by atoms with E-state index in [-0.39, 0.29) is 29.9 Å². The first-order valence-electron chi connectivity index (χ1n) is 10.6. The van der Waals surface area contributed by atoms with Crippen LogP contribution in [0.15, 0.2) is 4.99 Å². The number of nitrogens with zero attached hydrogens (tertiary/aromatic N) is 1. The number of hydrogen-bond donors (Lipinski definition) is 3. The molecular formula is C20H39IN4O2. The molecular weight excluding hydrogens is 455 g/mol. The molecule has 0 aromatic rings. The van der Waals surface area contributed by atoms with Crippen molar-refractivity contribution in [3.05, 3.63) is 0 Å². The van der Waals surface area contributed by atoms with Crippen LogP contribution in [0.25, 0.3) is 0 Å². The summed E-state index contributed by atoms with van der Waals surface area (Å²) in [4.78, 5) is 16.1. The molecule has 2 fully saturated rings. The summed E-state index contributed by atoms with van der Waals surface area (Å²) in [6, 6.07) is 0. The number of amides is 1. The summed E-state index contributed by atoms with van der Waals surface area (Å²) in [5.74, 6) is 1.57. The Morgan fingerprint density at radius 3 is 2.26 bits per heavy atom. The monoisotopic (exact) mass is 494 g/mol. The Labute approximate surface area is 182 Å². The van der Waals surface area contributed by atoms with E-state index in [1.807, 2.05) is 0 Å². The Morgan fingerprint density at radius 1 is 0.926 bits per heavy atom. The lowest BCUT2D eigenvalue weighted by atomic mass is 9.98. The van der Waals surface area contributed by atoms with Crippen LogP contribution in [-0.4, -0.2) is 51.3 Å². The second-order valence-corrected chi connectivity index (χ2v) is 7.61. The van der Waals surface area contributed by atoms with Crippen molar-refractivity contribution in [1.29, 1.82) is 0 Å². The number of aliphatic imine (C=N–C) groups is 1. The van der Waals surface area contributed by atoms with E-state index in [4.69, 9.17) is 4.74 Å². The molecule has 2 saturated carbocycles. The third-order valence-corrected chi connectivity index (χ3v) is 5.43. The molecule has 0 aliphatic heterocycles. The maximum atomic E-state index is 11.9. The molecule has 6 nitrogen and oxygen atoms in total. The predicted molar refractivity (Wildman–Crippen MR) is 122 cm³/mol. The minimum atomic E-state index is 0. The summed E-state index contributed by atoms with van der Waals surface area (Å²) in [6.07, 6.45) is 13.6. The summed E-state index contributed by atoms with van der Waals surface area (Å²) >= 11 is 0. The minimum absolute atomic E-state index is 0. The molecule has 27 heavy (non-hydrogen) atoms. The molecule has 0 heterocycles. The smallest absolute Gasteiger partial charge is 0.220 e. The number of carbonyl (C=O) groups is 1. The predicted octanol–water partition coefficient (Wildman–Crippen LogP) is 3.21. The van der Waals surface area contributed by atoms with Gasteiger partial charge in [-0.3, -0.25) is 9.79 Å². The van der Waals surface area contributed by atoms with Crippen LogP contribution in [0.4, 0.5) is 0 Å². The van der Waals surface area contributed by atoms with E-state index >= 15 is 0 Å². The fourth-order valence-corrected chi connectivity index (χ4v) is 3.91. The van der Waals surface area contributed by atoms with Gasteiger partial charge in [0.15, 0.2) is 5.96 Å². The molecule has 0 saturated heterocycles. The lowest BCUT2D eigenvalue weighted by molar-refractivity contribution is -0.121. The fourth-order valence-electron chi connectivity index (χ4n) is 3.91. The Hall–Kier alpha value is -0.570. The fraction of sp³-hybridized carbons (Fsp3) is 0.900. The third-order valence-electron chi connectivity index (χ3n) is 5.43. The zero-order valence-corrected chi connectivity index (χ0v) is 19.3. The zero-order valence-electron chi connectivity index (χ0n) is 16.9. The van der Waals surface area contributed by atoms with Crippen LogP contribution in [0.2, 0.25) is 0 Å². The Morgan fingerprint density at radius 2 is 1.56 bits per heavy atom. The molecule has 0 spiro atoms. The minimum Gasteiger partial charge on any atom is -0.378 e. The lowest BCUT2D eigenvalue weighted by Gasteiger charge is -2.22. The Bertz CT molecular complexity index is 422. The van der Waals surface area contributed by atoms with Crippen molar-refractivity contribution in [2.75, 3.05) is 33.3 Å². The van der Waals surface area contributed by atoms with Gasteiger partial charge in [0.05, 0.1) is 6.10 Å². The van der Waals surface area contributed by atoms with Crippen molar-refractivity contribution in [1.82, 2.24) is 16.0 Å². The number of carbonyl (C=O) groups excluding carboxylic acids is 1. The molecule has 1 amide bonds. The van der Waals surface area contributed by atoms with Gasteiger partial charge >= 0.3 is 0 Å². The lowest BCUT2D eigenvalue weighted by Crippen LogP contribution is -2.42. The SMILES string of the molecule is CN=C(NCCCOC1CCCCC1)NCCNC(=O)CC1CCCC1.I. The number of hydrogen-bond acceptors (Lipinski definition) is 3. The number of nitrogens with one attached hydrogen (secondary N) is 3. The quantitative estimate of drug-likeness (QED) is 0.189. The molecule has 158 valence electrons. The largest absolute Gasteiger partial charge is 0.378 e. The number of halogens is 1. The molecule has 0 unspecified atom stereocenters. The second-order valence-electron chi connectivity index (χ2n) is 7.61. The van der Waals surface area contributed by atoms with E-state index in [0.29, 0.717) is 31.5 Å². The highest BCUT2D eigenvalue weighted by Gasteiger charge is 2.18. The van der Waals surface area contributed by atoms with E-state index in [1.165, 1.54) is 57.8 Å². The first kappa shape index (κ1) is 24.5. The van der Waals surface area contributed by atoms with Gasteiger partial charge in [0, 0.05) is 39.7 Å². The maximum absolute atomic E-state index is 11.9. The van der Waals surface area contributed by atoms with Crippen molar-refractivity contribution in [3.63, 3.8) is 0 Å². The van der Waals surface area contributed by atoms with E-state index in [2.05, 4.69) is 20.9 Å². The highest BCUT2D eigenvalue weighted by molar-refractivity contribution is 14.0. The van der Waals surface area contributed by atoms with Crippen molar-refractivity contribution in [3.8, 4) is 0 Å². The van der Waals surface area contributed by atoms with Crippen molar-refractivity contribution >= 4 is 35.8 Å². The molecule has 2 aliphatic rings. The van der Waals surface area contributed by atoms with Gasteiger partial charge < -0.3 is 20.7 Å². The molecule has 2 rings (SSSR count). The van der Waals surface area contributed by atoms with Crippen LogP contribution in [0.1, 0.15) is 70.6 Å². The first-order valence-corrected chi connectivity index (χ1v) is 10.6. The summed E-state index contributed by atoms with van der Waals surface area (Å²) in [5, 5.41) is 9.54. The molecule has 0 atom stereocenters.